The smallest absolute Gasteiger partial charge is 0.144 e. The molecule has 2 rings (SSSR count). The van der Waals surface area contributed by atoms with E-state index in [2.05, 4.69) is 10.6 Å². The van der Waals surface area contributed by atoms with E-state index in [0.717, 1.165) is 26.1 Å². The van der Waals surface area contributed by atoms with Gasteiger partial charge in [-0.1, -0.05) is 0 Å². The Morgan fingerprint density at radius 2 is 2.00 bits per heavy atom. The van der Waals surface area contributed by atoms with Gasteiger partial charge in [-0.05, 0) is 0 Å². The van der Waals surface area contributed by atoms with Crippen LogP contribution in [0.25, 0.3) is 0 Å². The Morgan fingerprint density at radius 3 is 2.40 bits per heavy atom. The third-order valence-electron chi connectivity index (χ3n) is 1.83. The maximum absolute atomic E-state index is 5.06. The molecule has 0 radical (unpaired) electrons. The predicted molar refractivity (Wildman–Crippen MR) is 35.2 cm³/mol. The Morgan fingerprint density at radius 1 is 1.20 bits per heavy atom. The van der Waals surface area contributed by atoms with Crippen LogP contribution in [-0.2, 0) is 9.78 Å². The van der Waals surface area contributed by atoms with Crippen molar-refractivity contribution >= 4 is 0 Å². The zero-order valence-corrected chi connectivity index (χ0v) is 5.80. The zero-order valence-electron chi connectivity index (χ0n) is 5.80. The van der Waals surface area contributed by atoms with Crippen LogP contribution in [0.2, 0.25) is 0 Å². The molecule has 2 fully saturated rings. The van der Waals surface area contributed by atoms with Crippen molar-refractivity contribution in [2.45, 2.75) is 18.8 Å². The quantitative estimate of drug-likeness (QED) is 0.403. The first-order valence-electron chi connectivity index (χ1n) is 3.71. The van der Waals surface area contributed by atoms with Gasteiger partial charge in [-0.15, -0.1) is 0 Å². The average molecular weight is 144 g/mol. The van der Waals surface area contributed by atoms with Crippen LogP contribution in [-0.4, -0.2) is 32.0 Å². The molecule has 0 aromatic heterocycles. The van der Waals surface area contributed by atoms with Crippen molar-refractivity contribution in [2.75, 3.05) is 19.6 Å². The van der Waals surface area contributed by atoms with Crippen LogP contribution in [0.1, 0.15) is 6.42 Å². The fraction of sp³-hybridized carbons (Fsp3) is 1.00. The molecule has 0 saturated carbocycles. The second-order valence-corrected chi connectivity index (χ2v) is 2.70. The van der Waals surface area contributed by atoms with E-state index in [0.29, 0.717) is 0 Å². The molecule has 2 heterocycles. The molecule has 2 aliphatic rings. The Bertz CT molecular complexity index is 98.3. The van der Waals surface area contributed by atoms with Crippen molar-refractivity contribution in [1.82, 2.24) is 10.6 Å². The van der Waals surface area contributed by atoms with E-state index in [1.54, 1.807) is 0 Å². The average Bonchev–Trinajstić information content (AvgIpc) is 1.70. The molecular formula is C6H12N2O2. The van der Waals surface area contributed by atoms with Crippen LogP contribution in [0.5, 0.6) is 0 Å². The van der Waals surface area contributed by atoms with E-state index in [1.165, 1.54) is 0 Å². The lowest BCUT2D eigenvalue weighted by atomic mass is 10.2. The molecule has 0 aliphatic carbocycles. The van der Waals surface area contributed by atoms with Crippen molar-refractivity contribution in [3.8, 4) is 0 Å². The van der Waals surface area contributed by atoms with Gasteiger partial charge >= 0.3 is 0 Å². The third kappa shape index (κ3) is 1.29. The van der Waals surface area contributed by atoms with E-state index in [-0.39, 0.29) is 12.3 Å². The first-order chi connectivity index (χ1) is 4.95. The van der Waals surface area contributed by atoms with Gasteiger partial charge in [0.15, 0.2) is 0 Å². The van der Waals surface area contributed by atoms with Gasteiger partial charge in [0.1, 0.15) is 12.3 Å². The van der Waals surface area contributed by atoms with Crippen LogP contribution in [0.3, 0.4) is 0 Å². The van der Waals surface area contributed by atoms with Crippen LogP contribution in [0.15, 0.2) is 0 Å². The van der Waals surface area contributed by atoms with Gasteiger partial charge in [0.2, 0.25) is 0 Å². The number of hydrogen-bond acceptors (Lipinski definition) is 4. The molecule has 4 nitrogen and oxygen atoms in total. The summed E-state index contributed by atoms with van der Waals surface area (Å²) in [5.41, 5.74) is 0. The molecule has 2 saturated heterocycles. The zero-order chi connectivity index (χ0) is 6.81. The standard InChI is InChI=1S/C6H12N2O2/c1-2-8-6(1)10-9-5-3-7-4-5/h5-8H,1-4H2. The van der Waals surface area contributed by atoms with Crippen LogP contribution < -0.4 is 10.6 Å². The summed E-state index contributed by atoms with van der Waals surface area (Å²) in [4.78, 5) is 10.1. The molecule has 0 bridgehead atoms. The topological polar surface area (TPSA) is 42.5 Å². The van der Waals surface area contributed by atoms with Crippen LogP contribution in [0, 0.1) is 0 Å². The predicted octanol–water partition coefficient (Wildman–Crippen LogP) is -0.774. The minimum absolute atomic E-state index is 0.153. The van der Waals surface area contributed by atoms with E-state index >= 15 is 0 Å². The minimum atomic E-state index is 0.153. The fourth-order valence-electron chi connectivity index (χ4n) is 0.820. The summed E-state index contributed by atoms with van der Waals surface area (Å²) in [5, 5.41) is 6.18. The van der Waals surface area contributed by atoms with Gasteiger partial charge in [0, 0.05) is 26.1 Å². The van der Waals surface area contributed by atoms with Gasteiger partial charge < -0.3 is 5.32 Å². The second-order valence-electron chi connectivity index (χ2n) is 2.70. The Balaban J connectivity index is 1.54. The van der Waals surface area contributed by atoms with E-state index in [4.69, 9.17) is 9.78 Å². The summed E-state index contributed by atoms with van der Waals surface area (Å²) in [5.74, 6) is 0. The highest BCUT2D eigenvalue weighted by molar-refractivity contribution is 4.73. The maximum Gasteiger partial charge on any atom is 0.144 e. The molecular weight excluding hydrogens is 132 g/mol. The van der Waals surface area contributed by atoms with Gasteiger partial charge in [-0.2, -0.15) is 0 Å². The lowest BCUT2D eigenvalue weighted by Gasteiger charge is -2.31. The van der Waals surface area contributed by atoms with Gasteiger partial charge in [0.05, 0.1) is 0 Å². The fourth-order valence-corrected chi connectivity index (χ4v) is 0.820. The molecule has 4 heteroatoms. The molecule has 0 aromatic rings. The molecule has 0 amide bonds. The first kappa shape index (κ1) is 6.54. The number of rotatable bonds is 3. The maximum atomic E-state index is 5.06. The molecule has 0 aromatic carbocycles. The largest absolute Gasteiger partial charge is 0.311 e. The van der Waals surface area contributed by atoms with Crippen molar-refractivity contribution in [3.63, 3.8) is 0 Å². The first-order valence-corrected chi connectivity index (χ1v) is 3.71. The van der Waals surface area contributed by atoms with Gasteiger partial charge in [0.25, 0.3) is 0 Å². The highest BCUT2D eigenvalue weighted by Gasteiger charge is 2.23. The Kier molecular flexibility index (Phi) is 1.86. The van der Waals surface area contributed by atoms with Crippen molar-refractivity contribution in [3.05, 3.63) is 0 Å². The Labute approximate surface area is 59.8 Å². The van der Waals surface area contributed by atoms with Gasteiger partial charge in [-0.25, -0.2) is 9.78 Å². The SMILES string of the molecule is C1CC(OOC2CNC2)N1. The molecule has 2 N–H and O–H groups in total. The van der Waals surface area contributed by atoms with Gasteiger partial charge in [-0.3, -0.25) is 5.32 Å². The molecule has 2 aliphatic heterocycles. The highest BCUT2D eigenvalue weighted by Crippen LogP contribution is 2.07. The molecule has 58 valence electrons. The van der Waals surface area contributed by atoms with Crippen molar-refractivity contribution in [1.29, 1.82) is 0 Å². The van der Waals surface area contributed by atoms with Crippen molar-refractivity contribution in [2.24, 2.45) is 0 Å². The molecule has 1 unspecified atom stereocenters. The summed E-state index contributed by atoms with van der Waals surface area (Å²) < 4.78 is 0. The lowest BCUT2D eigenvalue weighted by molar-refractivity contribution is -0.371. The van der Waals surface area contributed by atoms with Crippen molar-refractivity contribution < 1.29 is 9.78 Å². The third-order valence-corrected chi connectivity index (χ3v) is 1.83. The lowest BCUT2D eigenvalue weighted by Crippen LogP contribution is -2.51. The molecule has 0 spiro atoms. The van der Waals surface area contributed by atoms with Crippen LogP contribution in [0.4, 0.5) is 0 Å². The van der Waals surface area contributed by atoms with E-state index in [1.807, 2.05) is 0 Å². The number of hydrogen-bond donors (Lipinski definition) is 2. The summed E-state index contributed by atoms with van der Waals surface area (Å²) >= 11 is 0. The minimum Gasteiger partial charge on any atom is -0.311 e. The summed E-state index contributed by atoms with van der Waals surface area (Å²) in [6.45, 7) is 2.90. The monoisotopic (exact) mass is 144 g/mol. The molecule has 10 heavy (non-hydrogen) atoms. The normalized spacial score (nSPS) is 33.0. The molecule has 1 atom stereocenters. The summed E-state index contributed by atoms with van der Waals surface area (Å²) in [7, 11) is 0. The van der Waals surface area contributed by atoms with E-state index < -0.39 is 0 Å². The highest BCUT2D eigenvalue weighted by atomic mass is 17.2. The Hall–Kier alpha value is -0.160. The number of nitrogens with one attached hydrogen (secondary N) is 2. The summed E-state index contributed by atoms with van der Waals surface area (Å²) in [6, 6.07) is 0. The van der Waals surface area contributed by atoms with E-state index in [9.17, 15) is 0 Å². The summed E-state index contributed by atoms with van der Waals surface area (Å²) in [6.07, 6.45) is 1.50. The second kappa shape index (κ2) is 2.84. The van der Waals surface area contributed by atoms with Crippen LogP contribution >= 0.6 is 0 Å².